The number of rotatable bonds is 3. The van der Waals surface area contributed by atoms with Gasteiger partial charge in [0, 0.05) is 16.6 Å². The van der Waals surface area contributed by atoms with E-state index in [9.17, 15) is 4.79 Å². The number of aryl methyl sites for hydroxylation is 1. The smallest absolute Gasteiger partial charge is 0.255 e. The van der Waals surface area contributed by atoms with Gasteiger partial charge in [-0.25, -0.2) is 4.98 Å². The third kappa shape index (κ3) is 2.51. The molecular formula is C16H13N5OS. The van der Waals surface area contributed by atoms with Crippen molar-refractivity contribution < 1.29 is 4.79 Å². The molecule has 3 heterocycles. The molecule has 0 atom stereocenters. The normalized spacial score (nSPS) is 11.0. The number of hydrogen-bond acceptors (Lipinski definition) is 4. The van der Waals surface area contributed by atoms with Gasteiger partial charge in [-0.3, -0.25) is 9.89 Å². The third-order valence-electron chi connectivity index (χ3n) is 3.61. The Morgan fingerprint density at radius 2 is 2.17 bits per heavy atom. The third-order valence-corrected chi connectivity index (χ3v) is 4.70. The van der Waals surface area contributed by atoms with Crippen LogP contribution in [0.15, 0.2) is 42.9 Å². The number of nitrogens with one attached hydrogen (secondary N) is 3. The molecule has 0 saturated carbocycles. The first-order chi connectivity index (χ1) is 11.2. The van der Waals surface area contributed by atoms with Crippen molar-refractivity contribution in [2.45, 2.75) is 6.92 Å². The van der Waals surface area contributed by atoms with Gasteiger partial charge < -0.3 is 10.3 Å². The summed E-state index contributed by atoms with van der Waals surface area (Å²) in [6.45, 7) is 1.98. The SMILES string of the molecule is Cc1sc(-c2ccn[nH]2)cc1NC(=O)c1ccc2nc[nH]c2c1. The summed E-state index contributed by atoms with van der Waals surface area (Å²) in [5, 5.41) is 9.86. The fourth-order valence-corrected chi connectivity index (χ4v) is 3.35. The number of aromatic nitrogens is 4. The molecule has 4 aromatic rings. The van der Waals surface area contributed by atoms with E-state index in [2.05, 4.69) is 25.5 Å². The van der Waals surface area contributed by atoms with Crippen LogP contribution in [0.5, 0.6) is 0 Å². The van der Waals surface area contributed by atoms with Crippen molar-refractivity contribution in [2.24, 2.45) is 0 Å². The molecule has 0 fully saturated rings. The second-order valence-corrected chi connectivity index (χ2v) is 6.40. The number of thiophene rings is 1. The molecule has 1 aromatic carbocycles. The van der Waals surface area contributed by atoms with Gasteiger partial charge in [0.25, 0.3) is 5.91 Å². The lowest BCUT2D eigenvalue weighted by Gasteiger charge is -2.04. The zero-order valence-corrected chi connectivity index (χ0v) is 13.1. The van der Waals surface area contributed by atoms with Crippen molar-refractivity contribution >= 4 is 34.0 Å². The van der Waals surface area contributed by atoms with Gasteiger partial charge in [-0.2, -0.15) is 5.10 Å². The molecule has 6 nitrogen and oxygen atoms in total. The van der Waals surface area contributed by atoms with Gasteiger partial charge in [0.05, 0.1) is 33.6 Å². The maximum Gasteiger partial charge on any atom is 0.255 e. The van der Waals surface area contributed by atoms with Crippen molar-refractivity contribution in [1.82, 2.24) is 20.2 Å². The van der Waals surface area contributed by atoms with Crippen LogP contribution >= 0.6 is 11.3 Å². The maximum atomic E-state index is 12.5. The van der Waals surface area contributed by atoms with Gasteiger partial charge in [-0.1, -0.05) is 0 Å². The molecule has 3 N–H and O–H groups in total. The van der Waals surface area contributed by atoms with Gasteiger partial charge in [-0.15, -0.1) is 11.3 Å². The Bertz CT molecular complexity index is 983. The minimum absolute atomic E-state index is 0.140. The molecular weight excluding hydrogens is 310 g/mol. The summed E-state index contributed by atoms with van der Waals surface area (Å²) in [7, 11) is 0. The molecule has 0 aliphatic heterocycles. The van der Waals surface area contributed by atoms with Crippen molar-refractivity contribution in [3.63, 3.8) is 0 Å². The first-order valence-corrected chi connectivity index (χ1v) is 7.87. The number of carbonyl (C=O) groups excluding carboxylic acids is 1. The number of H-pyrrole nitrogens is 2. The monoisotopic (exact) mass is 323 g/mol. The van der Waals surface area contributed by atoms with Crippen LogP contribution < -0.4 is 5.32 Å². The zero-order chi connectivity index (χ0) is 15.8. The van der Waals surface area contributed by atoms with Gasteiger partial charge in [0.15, 0.2) is 0 Å². The van der Waals surface area contributed by atoms with E-state index < -0.39 is 0 Å². The quantitative estimate of drug-likeness (QED) is 0.538. The van der Waals surface area contributed by atoms with Crippen molar-refractivity contribution in [1.29, 1.82) is 0 Å². The summed E-state index contributed by atoms with van der Waals surface area (Å²) in [5.74, 6) is -0.140. The Hall–Kier alpha value is -2.93. The minimum atomic E-state index is -0.140. The highest BCUT2D eigenvalue weighted by Crippen LogP contribution is 2.33. The number of anilines is 1. The number of carbonyl (C=O) groups is 1. The molecule has 0 spiro atoms. The van der Waals surface area contributed by atoms with E-state index in [0.29, 0.717) is 5.56 Å². The lowest BCUT2D eigenvalue weighted by molar-refractivity contribution is 0.102. The molecule has 7 heteroatoms. The fourth-order valence-electron chi connectivity index (χ4n) is 2.40. The second kappa shape index (κ2) is 5.36. The highest BCUT2D eigenvalue weighted by molar-refractivity contribution is 7.16. The van der Waals surface area contributed by atoms with Crippen LogP contribution in [-0.4, -0.2) is 26.1 Å². The number of fused-ring (bicyclic) bond motifs is 1. The summed E-state index contributed by atoms with van der Waals surface area (Å²) in [6.07, 6.45) is 3.33. The molecule has 0 aliphatic carbocycles. The summed E-state index contributed by atoms with van der Waals surface area (Å²) < 4.78 is 0. The average Bonchev–Trinajstić information content (AvgIpc) is 3.27. The van der Waals surface area contributed by atoms with E-state index in [-0.39, 0.29) is 5.91 Å². The maximum absolute atomic E-state index is 12.5. The van der Waals surface area contributed by atoms with Crippen LogP contribution in [0.3, 0.4) is 0 Å². The van der Waals surface area contributed by atoms with Gasteiger partial charge in [0.1, 0.15) is 0 Å². The first-order valence-electron chi connectivity index (χ1n) is 7.05. The van der Waals surface area contributed by atoms with Crippen molar-refractivity contribution in [3.8, 4) is 10.6 Å². The van der Waals surface area contributed by atoms with Crippen molar-refractivity contribution in [2.75, 3.05) is 5.32 Å². The van der Waals surface area contributed by atoms with E-state index in [0.717, 1.165) is 32.2 Å². The number of aromatic amines is 2. The number of nitrogens with zero attached hydrogens (tertiary/aromatic N) is 2. The van der Waals surface area contributed by atoms with E-state index in [1.807, 2.05) is 25.1 Å². The lowest BCUT2D eigenvalue weighted by Crippen LogP contribution is -2.11. The predicted octanol–water partition coefficient (Wildman–Crippen LogP) is 3.58. The van der Waals surface area contributed by atoms with Crippen LogP contribution in [0, 0.1) is 6.92 Å². The summed E-state index contributed by atoms with van der Waals surface area (Å²) in [4.78, 5) is 21.7. The summed E-state index contributed by atoms with van der Waals surface area (Å²) in [5.41, 5.74) is 4.04. The molecule has 3 aromatic heterocycles. The first kappa shape index (κ1) is 13.7. The lowest BCUT2D eigenvalue weighted by atomic mass is 10.2. The number of hydrogen-bond donors (Lipinski definition) is 3. The predicted molar refractivity (Wildman–Crippen MR) is 90.7 cm³/mol. The standard InChI is InChI=1S/C16H13N5OS/c1-9-13(7-15(23-9)12-4-5-19-21-12)20-16(22)10-2-3-11-14(6-10)18-8-17-11/h2-8H,1H3,(H,17,18)(H,19,21)(H,20,22). The molecule has 0 radical (unpaired) electrons. The van der Waals surface area contributed by atoms with Gasteiger partial charge in [-0.05, 0) is 37.3 Å². The highest BCUT2D eigenvalue weighted by atomic mass is 32.1. The zero-order valence-electron chi connectivity index (χ0n) is 12.3. The van der Waals surface area contributed by atoms with Crippen LogP contribution in [-0.2, 0) is 0 Å². The highest BCUT2D eigenvalue weighted by Gasteiger charge is 2.13. The minimum Gasteiger partial charge on any atom is -0.345 e. The Kier molecular flexibility index (Phi) is 3.20. The molecule has 0 unspecified atom stereocenters. The molecule has 0 bridgehead atoms. The Morgan fingerprint density at radius 3 is 3.00 bits per heavy atom. The van der Waals surface area contributed by atoms with Crippen LogP contribution in [0.2, 0.25) is 0 Å². The average molecular weight is 323 g/mol. The fraction of sp³-hybridized carbons (Fsp3) is 0.0625. The van der Waals surface area contributed by atoms with E-state index >= 15 is 0 Å². The topological polar surface area (TPSA) is 86.5 Å². The van der Waals surface area contributed by atoms with E-state index in [1.165, 1.54) is 0 Å². The van der Waals surface area contributed by atoms with Crippen molar-refractivity contribution in [3.05, 3.63) is 53.3 Å². The number of benzene rings is 1. The van der Waals surface area contributed by atoms with E-state index in [1.54, 1.807) is 36.0 Å². The largest absolute Gasteiger partial charge is 0.345 e. The Balaban J connectivity index is 1.61. The van der Waals surface area contributed by atoms with Crippen LogP contribution in [0.1, 0.15) is 15.2 Å². The van der Waals surface area contributed by atoms with E-state index in [4.69, 9.17) is 0 Å². The molecule has 1 amide bonds. The Labute approximate surface area is 135 Å². The summed E-state index contributed by atoms with van der Waals surface area (Å²) >= 11 is 1.61. The molecule has 0 aliphatic rings. The molecule has 23 heavy (non-hydrogen) atoms. The van der Waals surface area contributed by atoms with Crippen LogP contribution in [0.4, 0.5) is 5.69 Å². The molecule has 4 rings (SSSR count). The molecule has 0 saturated heterocycles. The number of imidazole rings is 1. The van der Waals surface area contributed by atoms with Gasteiger partial charge >= 0.3 is 0 Å². The Morgan fingerprint density at radius 1 is 1.26 bits per heavy atom. The molecule has 114 valence electrons. The van der Waals surface area contributed by atoms with Gasteiger partial charge in [0.2, 0.25) is 0 Å². The second-order valence-electron chi connectivity index (χ2n) is 5.14. The summed E-state index contributed by atoms with van der Waals surface area (Å²) in [6, 6.07) is 9.27. The van der Waals surface area contributed by atoms with Crippen LogP contribution in [0.25, 0.3) is 21.6 Å². The number of amides is 1.